The van der Waals surface area contributed by atoms with Crippen molar-refractivity contribution in [3.05, 3.63) is 199 Å². The van der Waals surface area contributed by atoms with Gasteiger partial charge in [-0.3, -0.25) is 0 Å². The molecule has 2 heteroatoms. The Morgan fingerprint density at radius 1 is 0.418 bits per heavy atom. The van der Waals surface area contributed by atoms with Crippen LogP contribution in [0.25, 0.3) is 76.9 Å². The number of furan rings is 1. The van der Waals surface area contributed by atoms with Crippen molar-refractivity contribution in [3.8, 4) is 33.4 Å². The van der Waals surface area contributed by atoms with Gasteiger partial charge in [0.1, 0.15) is 11.2 Å². The molecular formula is C53H37NO. The highest BCUT2D eigenvalue weighted by molar-refractivity contribution is 6.15. The topological polar surface area (TPSA) is 16.4 Å². The van der Waals surface area contributed by atoms with Crippen molar-refractivity contribution in [2.24, 2.45) is 0 Å². The quantitative estimate of drug-likeness (QED) is 0.177. The first-order valence-corrected chi connectivity index (χ1v) is 19.1. The minimum atomic E-state index is -0.0958. The number of fused-ring (bicyclic) bond motifs is 9. The highest BCUT2D eigenvalue weighted by Crippen LogP contribution is 2.54. The second-order valence-corrected chi connectivity index (χ2v) is 15.3. The summed E-state index contributed by atoms with van der Waals surface area (Å²) in [5.74, 6) is 0. The van der Waals surface area contributed by atoms with Crippen LogP contribution in [0.2, 0.25) is 0 Å². The van der Waals surface area contributed by atoms with Crippen LogP contribution in [0.4, 0.5) is 17.1 Å². The van der Waals surface area contributed by atoms with Crippen molar-refractivity contribution < 1.29 is 4.42 Å². The van der Waals surface area contributed by atoms with Crippen molar-refractivity contribution in [2.45, 2.75) is 19.3 Å². The molecule has 0 saturated heterocycles. The molecule has 1 aliphatic rings. The van der Waals surface area contributed by atoms with E-state index in [2.05, 4.69) is 195 Å². The molecule has 11 rings (SSSR count). The average Bonchev–Trinajstić information content (AvgIpc) is 3.74. The lowest BCUT2D eigenvalue weighted by molar-refractivity contribution is 0.660. The van der Waals surface area contributed by atoms with Crippen LogP contribution in [0.1, 0.15) is 25.0 Å². The van der Waals surface area contributed by atoms with Crippen LogP contribution in [-0.4, -0.2) is 0 Å². The molecule has 10 aromatic rings. The number of hydrogen-bond donors (Lipinski definition) is 0. The highest BCUT2D eigenvalue weighted by Gasteiger charge is 2.37. The smallest absolute Gasteiger partial charge is 0.143 e. The van der Waals surface area contributed by atoms with Crippen LogP contribution in [0.5, 0.6) is 0 Å². The van der Waals surface area contributed by atoms with Crippen molar-refractivity contribution in [1.82, 2.24) is 0 Å². The van der Waals surface area contributed by atoms with Crippen LogP contribution >= 0.6 is 0 Å². The maximum absolute atomic E-state index is 6.35. The summed E-state index contributed by atoms with van der Waals surface area (Å²) in [6.45, 7) is 4.70. The third-order valence-electron chi connectivity index (χ3n) is 11.9. The van der Waals surface area contributed by atoms with Gasteiger partial charge in [-0.1, -0.05) is 141 Å². The lowest BCUT2D eigenvalue weighted by atomic mass is 9.82. The third kappa shape index (κ3) is 4.95. The first-order chi connectivity index (χ1) is 27.0. The van der Waals surface area contributed by atoms with Gasteiger partial charge in [-0.15, -0.1) is 0 Å². The Morgan fingerprint density at radius 2 is 1.00 bits per heavy atom. The SMILES string of the molecule is CC1(C)c2ccccc2-c2c(N(c3ccc(-c4ccc5ccccc5c4)cc3)c3ccc(-c4ccc5c(ccc6c7ccccc7oc56)c4)cc3)cccc21. The van der Waals surface area contributed by atoms with E-state index in [0.717, 1.165) is 38.7 Å². The third-order valence-corrected chi connectivity index (χ3v) is 11.9. The van der Waals surface area contributed by atoms with Crippen molar-refractivity contribution in [3.63, 3.8) is 0 Å². The van der Waals surface area contributed by atoms with Gasteiger partial charge in [0.15, 0.2) is 0 Å². The predicted octanol–water partition coefficient (Wildman–Crippen LogP) is 15.0. The Labute approximate surface area is 320 Å². The number of anilines is 3. The molecule has 0 N–H and O–H groups in total. The molecule has 260 valence electrons. The van der Waals surface area contributed by atoms with Gasteiger partial charge in [0.05, 0.1) is 5.69 Å². The molecule has 1 aliphatic carbocycles. The zero-order chi connectivity index (χ0) is 36.7. The zero-order valence-electron chi connectivity index (χ0n) is 30.8. The number of hydrogen-bond acceptors (Lipinski definition) is 2. The molecule has 1 heterocycles. The van der Waals surface area contributed by atoms with Crippen LogP contribution < -0.4 is 4.90 Å². The molecule has 0 atom stereocenters. The van der Waals surface area contributed by atoms with Crippen LogP contribution in [-0.2, 0) is 5.41 Å². The average molecular weight is 704 g/mol. The molecule has 0 fully saturated rings. The van der Waals surface area contributed by atoms with Crippen LogP contribution in [0.15, 0.2) is 192 Å². The molecule has 1 aromatic heterocycles. The lowest BCUT2D eigenvalue weighted by Crippen LogP contribution is -2.16. The second kappa shape index (κ2) is 12.1. The number of para-hydroxylation sites is 1. The van der Waals surface area contributed by atoms with Crippen molar-refractivity contribution in [1.29, 1.82) is 0 Å². The van der Waals surface area contributed by atoms with Gasteiger partial charge in [0.25, 0.3) is 0 Å². The predicted molar refractivity (Wildman–Crippen MR) is 232 cm³/mol. The van der Waals surface area contributed by atoms with Gasteiger partial charge < -0.3 is 9.32 Å². The summed E-state index contributed by atoms with van der Waals surface area (Å²) < 4.78 is 6.35. The molecule has 0 aliphatic heterocycles. The van der Waals surface area contributed by atoms with Gasteiger partial charge in [-0.25, -0.2) is 0 Å². The van der Waals surface area contributed by atoms with E-state index < -0.39 is 0 Å². The van der Waals surface area contributed by atoms with E-state index in [1.54, 1.807) is 0 Å². The summed E-state index contributed by atoms with van der Waals surface area (Å²) in [5.41, 5.74) is 15.3. The summed E-state index contributed by atoms with van der Waals surface area (Å²) in [5, 5.41) is 7.12. The summed E-state index contributed by atoms with van der Waals surface area (Å²) >= 11 is 0. The van der Waals surface area contributed by atoms with Gasteiger partial charge in [-0.05, 0) is 116 Å². The Kier molecular flexibility index (Phi) is 6.93. The van der Waals surface area contributed by atoms with Crippen LogP contribution in [0, 0.1) is 0 Å². The number of rotatable bonds is 5. The van der Waals surface area contributed by atoms with E-state index in [4.69, 9.17) is 4.42 Å². The standard InChI is InChI=1S/C53H37NO/c1-53(2)47-14-7-5-13-46(47)51-48(53)15-9-16-49(51)54(41-26-20-35(21-27-41)38-19-18-34-10-3-4-11-37(34)32-38)42-28-22-36(23-29-42)39-24-30-43-40(33-39)25-31-45-44-12-6-8-17-50(44)55-52(43)45/h3-33H,1-2H3. The summed E-state index contributed by atoms with van der Waals surface area (Å²) in [4.78, 5) is 2.43. The first-order valence-electron chi connectivity index (χ1n) is 19.1. The molecule has 0 amide bonds. The molecule has 55 heavy (non-hydrogen) atoms. The molecule has 9 aromatic carbocycles. The maximum atomic E-state index is 6.35. The van der Waals surface area contributed by atoms with Gasteiger partial charge >= 0.3 is 0 Å². The summed E-state index contributed by atoms with van der Waals surface area (Å²) in [6, 6.07) is 68.5. The molecule has 0 radical (unpaired) electrons. The van der Waals surface area contributed by atoms with E-state index in [1.165, 1.54) is 66.4 Å². The largest absolute Gasteiger partial charge is 0.455 e. The number of benzene rings is 9. The Bertz CT molecular complexity index is 3110. The van der Waals surface area contributed by atoms with Gasteiger partial charge in [0.2, 0.25) is 0 Å². The lowest BCUT2D eigenvalue weighted by Gasteiger charge is -2.29. The van der Waals surface area contributed by atoms with Crippen molar-refractivity contribution >= 4 is 60.5 Å². The Hall–Kier alpha value is -6.90. The van der Waals surface area contributed by atoms with E-state index >= 15 is 0 Å². The number of nitrogens with zero attached hydrogens (tertiary/aromatic N) is 1. The maximum Gasteiger partial charge on any atom is 0.143 e. The second-order valence-electron chi connectivity index (χ2n) is 15.3. The van der Waals surface area contributed by atoms with E-state index in [9.17, 15) is 0 Å². The molecule has 0 bridgehead atoms. The molecule has 0 saturated carbocycles. The minimum absolute atomic E-state index is 0.0958. The van der Waals surface area contributed by atoms with E-state index in [0.29, 0.717) is 0 Å². The summed E-state index contributed by atoms with van der Waals surface area (Å²) in [6.07, 6.45) is 0. The van der Waals surface area contributed by atoms with Gasteiger partial charge in [0, 0.05) is 38.5 Å². The summed E-state index contributed by atoms with van der Waals surface area (Å²) in [7, 11) is 0. The fourth-order valence-corrected chi connectivity index (χ4v) is 9.01. The van der Waals surface area contributed by atoms with E-state index in [-0.39, 0.29) is 5.41 Å². The van der Waals surface area contributed by atoms with Crippen molar-refractivity contribution in [2.75, 3.05) is 4.90 Å². The van der Waals surface area contributed by atoms with E-state index in [1.807, 2.05) is 12.1 Å². The fraction of sp³-hybridized carbons (Fsp3) is 0.0566. The molecule has 0 spiro atoms. The normalized spacial score (nSPS) is 13.1. The molecule has 2 nitrogen and oxygen atoms in total. The zero-order valence-corrected chi connectivity index (χ0v) is 30.8. The Balaban J connectivity index is 1.02. The van der Waals surface area contributed by atoms with Gasteiger partial charge in [-0.2, -0.15) is 0 Å². The highest BCUT2D eigenvalue weighted by atomic mass is 16.3. The van der Waals surface area contributed by atoms with Crippen LogP contribution in [0.3, 0.4) is 0 Å². The fourth-order valence-electron chi connectivity index (χ4n) is 9.01. The molecular weight excluding hydrogens is 667 g/mol. The minimum Gasteiger partial charge on any atom is -0.455 e. The Morgan fingerprint density at radius 3 is 1.78 bits per heavy atom. The molecule has 0 unspecified atom stereocenters. The first kappa shape index (κ1) is 31.6. The monoisotopic (exact) mass is 703 g/mol.